The number of nitrogens with zero attached hydrogens (tertiary/aromatic N) is 1. The van der Waals surface area contributed by atoms with Gasteiger partial charge in [-0.2, -0.15) is 0 Å². The van der Waals surface area contributed by atoms with Crippen LogP contribution in [-0.4, -0.2) is 30.3 Å². The first-order valence-electron chi connectivity index (χ1n) is 3.87. The van der Waals surface area contributed by atoms with Gasteiger partial charge in [-0.25, -0.2) is 0 Å². The zero-order valence-electron chi connectivity index (χ0n) is 7.43. The van der Waals surface area contributed by atoms with Crippen LogP contribution in [0.2, 0.25) is 0 Å². The quantitative estimate of drug-likeness (QED) is 0.599. The van der Waals surface area contributed by atoms with Crippen LogP contribution in [0.3, 0.4) is 0 Å². The minimum Gasteiger partial charge on any atom is -0.345 e. The van der Waals surface area contributed by atoms with E-state index in [2.05, 4.69) is 13.8 Å². The summed E-state index contributed by atoms with van der Waals surface area (Å²) in [5.74, 6) is 0.738. The normalized spacial score (nSPS) is 10.3. The highest BCUT2D eigenvalue weighted by molar-refractivity contribution is 6.27. The Labute approximate surface area is 73.5 Å². The molecule has 0 spiro atoms. The molecule has 0 radical (unpaired) electrons. The smallest absolute Gasteiger partial charge is 0.237 e. The highest BCUT2D eigenvalue weighted by Gasteiger charge is 2.06. The molecule has 3 heteroatoms. The molecule has 0 bridgehead atoms. The summed E-state index contributed by atoms with van der Waals surface area (Å²) >= 11 is 5.37. The fourth-order valence-electron chi connectivity index (χ4n) is 0.679. The molecule has 0 atom stereocenters. The van der Waals surface area contributed by atoms with Crippen LogP contribution in [0, 0.1) is 5.92 Å². The van der Waals surface area contributed by atoms with Crippen molar-refractivity contribution in [2.75, 3.05) is 19.5 Å². The van der Waals surface area contributed by atoms with Crippen LogP contribution < -0.4 is 0 Å². The second-order valence-corrected chi connectivity index (χ2v) is 3.40. The van der Waals surface area contributed by atoms with Crippen LogP contribution in [0.15, 0.2) is 0 Å². The Morgan fingerprint density at radius 1 is 1.55 bits per heavy atom. The van der Waals surface area contributed by atoms with E-state index in [1.165, 1.54) is 0 Å². The Morgan fingerprint density at radius 3 is 2.45 bits per heavy atom. The van der Waals surface area contributed by atoms with Gasteiger partial charge in [0.1, 0.15) is 5.88 Å². The average Bonchev–Trinajstić information content (AvgIpc) is 1.98. The SMILES string of the molecule is CC(C)CCN(C)C(=O)CCl. The fraction of sp³-hybridized carbons (Fsp3) is 0.875. The van der Waals surface area contributed by atoms with Gasteiger partial charge in [0.15, 0.2) is 0 Å². The first kappa shape index (κ1) is 10.8. The maximum atomic E-state index is 10.9. The molecule has 0 saturated carbocycles. The molecule has 0 aromatic rings. The number of carbonyl (C=O) groups is 1. The molecular weight excluding hydrogens is 162 g/mol. The largest absolute Gasteiger partial charge is 0.345 e. The number of carbonyl (C=O) groups excluding carboxylic acids is 1. The van der Waals surface area contributed by atoms with Crippen molar-refractivity contribution in [3.05, 3.63) is 0 Å². The molecule has 0 saturated heterocycles. The van der Waals surface area contributed by atoms with E-state index in [0.29, 0.717) is 5.92 Å². The first-order chi connectivity index (χ1) is 5.07. The van der Waals surface area contributed by atoms with Gasteiger partial charge < -0.3 is 4.90 Å². The lowest BCUT2D eigenvalue weighted by atomic mass is 10.1. The van der Waals surface area contributed by atoms with Crippen molar-refractivity contribution >= 4 is 17.5 Å². The zero-order valence-corrected chi connectivity index (χ0v) is 8.19. The van der Waals surface area contributed by atoms with E-state index < -0.39 is 0 Å². The molecule has 66 valence electrons. The van der Waals surface area contributed by atoms with Crippen LogP contribution in [0.1, 0.15) is 20.3 Å². The third-order valence-electron chi connectivity index (χ3n) is 1.58. The minimum absolute atomic E-state index is 0.00677. The van der Waals surface area contributed by atoms with E-state index in [-0.39, 0.29) is 11.8 Å². The zero-order chi connectivity index (χ0) is 8.85. The molecule has 0 aromatic carbocycles. The lowest BCUT2D eigenvalue weighted by molar-refractivity contribution is -0.127. The van der Waals surface area contributed by atoms with Crippen molar-refractivity contribution in [2.24, 2.45) is 5.92 Å². The van der Waals surface area contributed by atoms with Crippen molar-refractivity contribution in [1.82, 2.24) is 4.90 Å². The second-order valence-electron chi connectivity index (χ2n) is 3.13. The van der Waals surface area contributed by atoms with Gasteiger partial charge in [0, 0.05) is 13.6 Å². The Hall–Kier alpha value is -0.240. The summed E-state index contributed by atoms with van der Waals surface area (Å²) < 4.78 is 0. The summed E-state index contributed by atoms with van der Waals surface area (Å²) in [5, 5.41) is 0. The molecule has 0 aliphatic carbocycles. The van der Waals surface area contributed by atoms with Crippen molar-refractivity contribution in [3.63, 3.8) is 0 Å². The first-order valence-corrected chi connectivity index (χ1v) is 4.41. The number of halogens is 1. The van der Waals surface area contributed by atoms with Crippen LogP contribution >= 0.6 is 11.6 Å². The number of alkyl halides is 1. The van der Waals surface area contributed by atoms with Gasteiger partial charge in [-0.3, -0.25) is 4.79 Å². The number of hydrogen-bond donors (Lipinski definition) is 0. The maximum absolute atomic E-state index is 10.9. The van der Waals surface area contributed by atoms with E-state index in [1.54, 1.807) is 11.9 Å². The predicted molar refractivity (Wildman–Crippen MR) is 47.8 cm³/mol. The predicted octanol–water partition coefficient (Wildman–Crippen LogP) is 1.73. The Balaban J connectivity index is 3.52. The molecule has 0 aliphatic heterocycles. The Bertz CT molecular complexity index is 125. The number of hydrogen-bond acceptors (Lipinski definition) is 1. The van der Waals surface area contributed by atoms with Crippen molar-refractivity contribution in [3.8, 4) is 0 Å². The lowest BCUT2D eigenvalue weighted by Gasteiger charge is -2.16. The van der Waals surface area contributed by atoms with Crippen LogP contribution in [0.4, 0.5) is 0 Å². The van der Waals surface area contributed by atoms with E-state index in [9.17, 15) is 4.79 Å². The average molecular weight is 178 g/mol. The Kier molecular flexibility index (Phi) is 5.30. The molecule has 0 rings (SSSR count). The van der Waals surface area contributed by atoms with E-state index in [1.807, 2.05) is 0 Å². The van der Waals surface area contributed by atoms with Gasteiger partial charge in [0.05, 0.1) is 0 Å². The fourth-order valence-corrected chi connectivity index (χ4v) is 0.883. The minimum atomic E-state index is 0.00677. The third kappa shape index (κ3) is 5.08. The molecule has 0 unspecified atom stereocenters. The molecule has 11 heavy (non-hydrogen) atoms. The topological polar surface area (TPSA) is 20.3 Å². The molecule has 0 N–H and O–H groups in total. The van der Waals surface area contributed by atoms with Crippen LogP contribution in [0.25, 0.3) is 0 Å². The summed E-state index contributed by atoms with van der Waals surface area (Å²) in [7, 11) is 1.78. The summed E-state index contributed by atoms with van der Waals surface area (Å²) in [6.45, 7) is 5.08. The second kappa shape index (κ2) is 5.42. The van der Waals surface area contributed by atoms with Crippen molar-refractivity contribution < 1.29 is 4.79 Å². The maximum Gasteiger partial charge on any atom is 0.237 e. The number of amides is 1. The number of rotatable bonds is 4. The van der Waals surface area contributed by atoms with Gasteiger partial charge in [-0.05, 0) is 12.3 Å². The highest BCUT2D eigenvalue weighted by atomic mass is 35.5. The summed E-state index contributed by atoms with van der Waals surface area (Å²) in [6, 6.07) is 0. The summed E-state index contributed by atoms with van der Waals surface area (Å²) in [4.78, 5) is 12.6. The standard InChI is InChI=1S/C8H16ClNO/c1-7(2)4-5-10(3)8(11)6-9/h7H,4-6H2,1-3H3. The Morgan fingerprint density at radius 2 is 2.09 bits per heavy atom. The molecule has 0 heterocycles. The highest BCUT2D eigenvalue weighted by Crippen LogP contribution is 2.00. The molecular formula is C8H16ClNO. The van der Waals surface area contributed by atoms with Crippen molar-refractivity contribution in [2.45, 2.75) is 20.3 Å². The molecule has 2 nitrogen and oxygen atoms in total. The molecule has 0 aromatic heterocycles. The molecule has 0 aliphatic rings. The summed E-state index contributed by atoms with van der Waals surface area (Å²) in [5.41, 5.74) is 0. The van der Waals surface area contributed by atoms with E-state index in [4.69, 9.17) is 11.6 Å². The van der Waals surface area contributed by atoms with Gasteiger partial charge in [0.2, 0.25) is 5.91 Å². The van der Waals surface area contributed by atoms with Crippen molar-refractivity contribution in [1.29, 1.82) is 0 Å². The molecule has 0 fully saturated rings. The van der Waals surface area contributed by atoms with E-state index >= 15 is 0 Å². The van der Waals surface area contributed by atoms with Gasteiger partial charge in [0.25, 0.3) is 0 Å². The molecule has 1 amide bonds. The van der Waals surface area contributed by atoms with Crippen LogP contribution in [-0.2, 0) is 4.79 Å². The summed E-state index contributed by atoms with van der Waals surface area (Å²) in [6.07, 6.45) is 1.04. The van der Waals surface area contributed by atoms with Gasteiger partial charge in [-0.15, -0.1) is 11.6 Å². The lowest BCUT2D eigenvalue weighted by Crippen LogP contribution is -2.29. The van der Waals surface area contributed by atoms with Gasteiger partial charge in [-0.1, -0.05) is 13.8 Å². The van der Waals surface area contributed by atoms with E-state index in [0.717, 1.165) is 13.0 Å². The monoisotopic (exact) mass is 177 g/mol. The van der Waals surface area contributed by atoms with Crippen LogP contribution in [0.5, 0.6) is 0 Å². The third-order valence-corrected chi connectivity index (χ3v) is 1.81. The van der Waals surface area contributed by atoms with Gasteiger partial charge >= 0.3 is 0 Å².